The number of carboxylic acids is 1. The first-order valence-corrected chi connectivity index (χ1v) is 11.7. The zero-order valence-electron chi connectivity index (χ0n) is 19.1. The number of carbonyl (C=O) groups is 1. The molecule has 2 aromatic carbocycles. The summed E-state index contributed by atoms with van der Waals surface area (Å²) in [4.78, 5) is 19.4. The summed E-state index contributed by atoms with van der Waals surface area (Å²) in [5.41, 5.74) is 1.60. The van der Waals surface area contributed by atoms with E-state index in [4.69, 9.17) is 14.2 Å². The van der Waals surface area contributed by atoms with Crippen molar-refractivity contribution in [2.75, 3.05) is 14.2 Å². The van der Waals surface area contributed by atoms with Crippen LogP contribution in [-0.4, -0.2) is 49.7 Å². The summed E-state index contributed by atoms with van der Waals surface area (Å²) in [6, 6.07) is 13.7. The van der Waals surface area contributed by atoms with Crippen LogP contribution < -0.4 is 18.9 Å². The lowest BCUT2D eigenvalue weighted by Gasteiger charge is -2.18. The number of hydrogen-bond donors (Lipinski definition) is 2. The lowest BCUT2D eigenvalue weighted by molar-refractivity contribution is -0.140. The maximum absolute atomic E-state index is 12.6. The van der Waals surface area contributed by atoms with Crippen LogP contribution in [0.25, 0.3) is 11.1 Å². The number of ether oxygens (including phenoxy) is 3. The minimum Gasteiger partial charge on any atom is -0.481 e. The number of carboxylic acid groups (broad SMARTS) is 1. The highest BCUT2D eigenvalue weighted by Crippen LogP contribution is 2.28. The standard InChI is InChI=1S/C23H25N3O7S/c1-14(2)21(22(27)28)26-34(29,30)18-11-7-16(8-12-18)15-5-9-17(10-6-15)33-20-13-19(31-3)24-23(25-20)32-4/h5-14,21,26H,1-4H3,(H,27,28)/t21-/m1/s1. The fourth-order valence-electron chi connectivity index (χ4n) is 3.00. The first-order chi connectivity index (χ1) is 16.1. The van der Waals surface area contributed by atoms with Crippen LogP contribution in [0, 0.1) is 5.92 Å². The summed E-state index contributed by atoms with van der Waals surface area (Å²) in [6.45, 7) is 3.27. The fraction of sp³-hybridized carbons (Fsp3) is 0.261. The van der Waals surface area contributed by atoms with Crippen molar-refractivity contribution >= 4 is 16.0 Å². The fourth-order valence-corrected chi connectivity index (χ4v) is 4.34. The van der Waals surface area contributed by atoms with E-state index in [9.17, 15) is 18.3 Å². The van der Waals surface area contributed by atoms with Crippen molar-refractivity contribution in [2.45, 2.75) is 24.8 Å². The number of benzene rings is 2. The van der Waals surface area contributed by atoms with E-state index in [0.717, 1.165) is 11.1 Å². The van der Waals surface area contributed by atoms with Crippen LogP contribution >= 0.6 is 0 Å². The number of rotatable bonds is 10. The van der Waals surface area contributed by atoms with Crippen LogP contribution in [0.2, 0.25) is 0 Å². The average molecular weight is 488 g/mol. The minimum absolute atomic E-state index is 0.0187. The van der Waals surface area contributed by atoms with Gasteiger partial charge in [-0.05, 0) is 41.3 Å². The number of nitrogens with one attached hydrogen (secondary N) is 1. The third-order valence-electron chi connectivity index (χ3n) is 4.84. The molecule has 0 aliphatic carbocycles. The number of aliphatic carboxylic acids is 1. The molecule has 0 radical (unpaired) electrons. The lowest BCUT2D eigenvalue weighted by atomic mass is 10.1. The number of nitrogens with zero attached hydrogens (tertiary/aromatic N) is 2. The Hall–Kier alpha value is -3.70. The van der Waals surface area contributed by atoms with Gasteiger partial charge >= 0.3 is 12.0 Å². The lowest BCUT2D eigenvalue weighted by Crippen LogP contribution is -2.44. The maximum atomic E-state index is 12.6. The first-order valence-electron chi connectivity index (χ1n) is 10.2. The van der Waals surface area contributed by atoms with Gasteiger partial charge in [-0.25, -0.2) is 8.42 Å². The molecular formula is C23H25N3O7S. The molecule has 0 fully saturated rings. The zero-order valence-corrected chi connectivity index (χ0v) is 19.9. The summed E-state index contributed by atoms with van der Waals surface area (Å²) in [5, 5.41) is 9.26. The second-order valence-corrected chi connectivity index (χ2v) is 9.28. The molecule has 1 aromatic heterocycles. The Morgan fingerprint density at radius 2 is 1.47 bits per heavy atom. The predicted molar refractivity (Wildman–Crippen MR) is 124 cm³/mol. The second kappa shape index (κ2) is 10.5. The first kappa shape index (κ1) is 24.9. The van der Waals surface area contributed by atoms with Crippen molar-refractivity contribution in [3.8, 4) is 34.6 Å². The Balaban J connectivity index is 1.75. The normalized spacial score (nSPS) is 12.3. The van der Waals surface area contributed by atoms with Crippen LogP contribution in [0.1, 0.15) is 13.8 Å². The second-order valence-electron chi connectivity index (χ2n) is 7.57. The van der Waals surface area contributed by atoms with Crippen molar-refractivity contribution in [2.24, 2.45) is 5.92 Å². The van der Waals surface area contributed by atoms with E-state index in [-0.39, 0.29) is 16.8 Å². The molecule has 0 bridgehead atoms. The SMILES string of the molecule is COc1cc(Oc2ccc(-c3ccc(S(=O)(=O)N[C@@H](C(=O)O)C(C)C)cc3)cc2)nc(OC)n1. The van der Waals surface area contributed by atoms with Crippen molar-refractivity contribution in [3.05, 3.63) is 54.6 Å². The van der Waals surface area contributed by atoms with Gasteiger partial charge in [-0.1, -0.05) is 38.1 Å². The highest BCUT2D eigenvalue weighted by Gasteiger charge is 2.28. The average Bonchev–Trinajstić information content (AvgIpc) is 2.82. The van der Waals surface area contributed by atoms with Crippen LogP contribution in [-0.2, 0) is 14.8 Å². The maximum Gasteiger partial charge on any atom is 0.322 e. The topological polar surface area (TPSA) is 137 Å². The van der Waals surface area contributed by atoms with Crippen LogP contribution in [0.5, 0.6) is 23.5 Å². The van der Waals surface area contributed by atoms with E-state index < -0.39 is 28.0 Å². The Bertz CT molecular complexity index is 1220. The molecule has 0 saturated carbocycles. The van der Waals surface area contributed by atoms with E-state index in [0.29, 0.717) is 11.6 Å². The highest BCUT2D eigenvalue weighted by atomic mass is 32.2. The van der Waals surface area contributed by atoms with Gasteiger partial charge in [0.25, 0.3) is 0 Å². The van der Waals surface area contributed by atoms with Crippen molar-refractivity contribution < 1.29 is 32.5 Å². The van der Waals surface area contributed by atoms with Crippen molar-refractivity contribution in [1.29, 1.82) is 0 Å². The number of methoxy groups -OCH3 is 2. The van der Waals surface area contributed by atoms with Crippen LogP contribution in [0.15, 0.2) is 59.5 Å². The van der Waals surface area contributed by atoms with E-state index in [1.165, 1.54) is 32.4 Å². The van der Waals surface area contributed by atoms with Gasteiger partial charge in [0.05, 0.1) is 25.2 Å². The Morgan fingerprint density at radius 3 is 1.97 bits per heavy atom. The molecule has 10 nitrogen and oxygen atoms in total. The molecule has 0 saturated heterocycles. The van der Waals surface area contributed by atoms with Gasteiger partial charge in [0, 0.05) is 0 Å². The molecule has 1 heterocycles. The van der Waals surface area contributed by atoms with Gasteiger partial charge in [0.15, 0.2) is 0 Å². The quantitative estimate of drug-likeness (QED) is 0.441. The summed E-state index contributed by atoms with van der Waals surface area (Å²) in [6.07, 6.45) is 0. The van der Waals surface area contributed by atoms with Crippen LogP contribution in [0.3, 0.4) is 0 Å². The molecule has 1 atom stereocenters. The summed E-state index contributed by atoms with van der Waals surface area (Å²) in [5.74, 6) is -0.567. The monoisotopic (exact) mass is 487 g/mol. The zero-order chi connectivity index (χ0) is 24.9. The highest BCUT2D eigenvalue weighted by molar-refractivity contribution is 7.89. The molecule has 3 aromatic rings. The van der Waals surface area contributed by atoms with E-state index in [2.05, 4.69) is 14.7 Å². The van der Waals surface area contributed by atoms with Crippen LogP contribution in [0.4, 0.5) is 0 Å². The third-order valence-corrected chi connectivity index (χ3v) is 6.30. The Kier molecular flexibility index (Phi) is 7.69. The summed E-state index contributed by atoms with van der Waals surface area (Å²) >= 11 is 0. The summed E-state index contributed by atoms with van der Waals surface area (Å²) < 4.78 is 43.3. The molecule has 180 valence electrons. The van der Waals surface area contributed by atoms with E-state index in [1.807, 2.05) is 12.1 Å². The Morgan fingerprint density at radius 1 is 0.912 bits per heavy atom. The number of hydrogen-bond acceptors (Lipinski definition) is 8. The van der Waals surface area contributed by atoms with Gasteiger partial charge in [-0.3, -0.25) is 4.79 Å². The molecule has 11 heteroatoms. The molecule has 2 N–H and O–H groups in total. The predicted octanol–water partition coefficient (Wildman–Crippen LogP) is 3.34. The van der Waals surface area contributed by atoms with E-state index >= 15 is 0 Å². The van der Waals surface area contributed by atoms with Gasteiger partial charge in [0.1, 0.15) is 11.8 Å². The third kappa shape index (κ3) is 6.00. The molecular weight excluding hydrogens is 462 g/mol. The molecule has 0 aliphatic heterocycles. The van der Waals surface area contributed by atoms with Gasteiger partial charge in [0.2, 0.25) is 21.8 Å². The molecule has 3 rings (SSSR count). The largest absolute Gasteiger partial charge is 0.481 e. The smallest absolute Gasteiger partial charge is 0.322 e. The molecule has 0 aliphatic rings. The van der Waals surface area contributed by atoms with Gasteiger partial charge in [-0.2, -0.15) is 14.7 Å². The number of sulfonamides is 1. The molecule has 34 heavy (non-hydrogen) atoms. The number of aromatic nitrogens is 2. The minimum atomic E-state index is -3.98. The Labute approximate surface area is 197 Å². The van der Waals surface area contributed by atoms with Gasteiger partial charge in [-0.15, -0.1) is 0 Å². The van der Waals surface area contributed by atoms with Gasteiger partial charge < -0.3 is 19.3 Å². The molecule has 0 unspecified atom stereocenters. The van der Waals surface area contributed by atoms with Crippen molar-refractivity contribution in [3.63, 3.8) is 0 Å². The summed E-state index contributed by atoms with van der Waals surface area (Å²) in [7, 11) is -1.07. The van der Waals surface area contributed by atoms with E-state index in [1.54, 1.807) is 38.1 Å². The molecule has 0 spiro atoms. The van der Waals surface area contributed by atoms with Crippen molar-refractivity contribution in [1.82, 2.24) is 14.7 Å². The molecule has 0 amide bonds.